The van der Waals surface area contributed by atoms with Gasteiger partial charge in [-0.15, -0.1) is 63.8 Å². The van der Waals surface area contributed by atoms with Gasteiger partial charge in [0.1, 0.15) is 0 Å². The van der Waals surface area contributed by atoms with E-state index >= 15 is 0 Å². The molecule has 0 bridgehead atoms. The molecule has 0 N–H and O–H groups in total. The van der Waals surface area contributed by atoms with Crippen LogP contribution in [0.1, 0.15) is 12.8 Å². The topological polar surface area (TPSA) is 0 Å². The van der Waals surface area contributed by atoms with Gasteiger partial charge in [0.05, 0.1) is 0 Å². The average Bonchev–Trinajstić information content (AvgIpc) is 2.67. The minimum Gasteiger partial charge on any atom is -0.273 e. The second-order valence-corrected chi connectivity index (χ2v) is 2.01. The zero-order chi connectivity index (χ0) is 7.07. The van der Waals surface area contributed by atoms with Crippen LogP contribution in [0.4, 0.5) is 0 Å². The number of hydrogen-bond acceptors (Lipinski definition) is 0. The molecule has 0 amide bonds. The number of rotatable bonds is 0. The molecule has 4 heteroatoms. The molecule has 0 atom stereocenters. The van der Waals surface area contributed by atoms with Crippen LogP contribution in [-0.2, 0) is 22.4 Å². The molecule has 79 valence electrons. The van der Waals surface area contributed by atoms with Crippen LogP contribution in [0, 0.1) is 12.2 Å². The zero-order valence-corrected chi connectivity index (χ0v) is 15.9. The standard InChI is InChI=1S/2C5H5.3BrH.Ta/c2*1-2-4-5-3-1;;;;/h2*1-3H,4H2;3*1H;/q2*-1;;;;+2. The van der Waals surface area contributed by atoms with Crippen LogP contribution in [0.15, 0.2) is 36.5 Å². The van der Waals surface area contributed by atoms with Gasteiger partial charge in [0.25, 0.3) is 0 Å². The van der Waals surface area contributed by atoms with Crippen molar-refractivity contribution in [2.45, 2.75) is 12.8 Å². The zero-order valence-electron chi connectivity index (χ0n) is 7.55. The third kappa shape index (κ3) is 15.6. The molecule has 0 nitrogen and oxygen atoms in total. The Balaban J connectivity index is -0.0000000556. The third-order valence-corrected chi connectivity index (χ3v) is 1.17. The van der Waals surface area contributed by atoms with Gasteiger partial charge < -0.3 is 0 Å². The van der Waals surface area contributed by atoms with Crippen molar-refractivity contribution in [2.75, 3.05) is 0 Å². The second-order valence-electron chi connectivity index (χ2n) is 2.01. The maximum absolute atomic E-state index is 2.99. The Kier molecular flexibility index (Phi) is 34.3. The van der Waals surface area contributed by atoms with E-state index in [4.69, 9.17) is 0 Å². The smallest absolute Gasteiger partial charge is 0.273 e. The van der Waals surface area contributed by atoms with E-state index in [2.05, 4.69) is 24.3 Å². The van der Waals surface area contributed by atoms with Crippen molar-refractivity contribution >= 4 is 50.9 Å². The predicted molar refractivity (Wildman–Crippen MR) is 74.1 cm³/mol. The molecule has 2 rings (SSSR count). The summed E-state index contributed by atoms with van der Waals surface area (Å²) < 4.78 is 0. The first-order chi connectivity index (χ1) is 5.00. The minimum atomic E-state index is 0. The van der Waals surface area contributed by atoms with Crippen LogP contribution in [-0.4, -0.2) is 0 Å². The summed E-state index contributed by atoms with van der Waals surface area (Å²) in [5.41, 5.74) is 0. The fourth-order valence-corrected chi connectivity index (χ4v) is 0.680. The van der Waals surface area contributed by atoms with Gasteiger partial charge in [-0.2, -0.15) is 12.2 Å². The summed E-state index contributed by atoms with van der Waals surface area (Å²) in [6.45, 7) is 0. The van der Waals surface area contributed by atoms with Crippen molar-refractivity contribution in [3.8, 4) is 0 Å². The first kappa shape index (κ1) is 24.4. The van der Waals surface area contributed by atoms with Crippen LogP contribution in [0.25, 0.3) is 0 Å². The fourth-order valence-electron chi connectivity index (χ4n) is 0.680. The molecule has 0 aromatic heterocycles. The van der Waals surface area contributed by atoms with Crippen molar-refractivity contribution in [1.82, 2.24) is 0 Å². The van der Waals surface area contributed by atoms with Crippen LogP contribution < -0.4 is 0 Å². The van der Waals surface area contributed by atoms with E-state index in [0.717, 1.165) is 12.8 Å². The molecule has 2 aliphatic rings. The summed E-state index contributed by atoms with van der Waals surface area (Å²) in [7, 11) is 0. The number of hydrogen-bond donors (Lipinski definition) is 0. The van der Waals surface area contributed by atoms with E-state index in [0.29, 0.717) is 0 Å². The van der Waals surface area contributed by atoms with E-state index in [1.54, 1.807) is 0 Å². The van der Waals surface area contributed by atoms with E-state index in [-0.39, 0.29) is 73.3 Å². The molecule has 0 unspecified atom stereocenters. The monoisotopic (exact) mass is 551 g/mol. The van der Waals surface area contributed by atoms with E-state index < -0.39 is 0 Å². The van der Waals surface area contributed by atoms with Crippen LogP contribution in [0.5, 0.6) is 0 Å². The van der Waals surface area contributed by atoms with E-state index in [9.17, 15) is 0 Å². The quantitative estimate of drug-likeness (QED) is 0.392. The first-order valence-corrected chi connectivity index (χ1v) is 3.43. The first-order valence-electron chi connectivity index (χ1n) is 3.43. The van der Waals surface area contributed by atoms with Crippen molar-refractivity contribution in [2.24, 2.45) is 0 Å². The predicted octanol–water partition coefficient (Wildman–Crippen LogP) is 4.34. The van der Waals surface area contributed by atoms with Gasteiger partial charge in [0.15, 0.2) is 0 Å². The molecule has 0 spiro atoms. The maximum atomic E-state index is 2.99. The van der Waals surface area contributed by atoms with Crippen LogP contribution in [0.2, 0.25) is 0 Å². The van der Waals surface area contributed by atoms with Crippen LogP contribution in [0.3, 0.4) is 0 Å². The van der Waals surface area contributed by atoms with Crippen molar-refractivity contribution < 1.29 is 22.4 Å². The molecule has 0 saturated carbocycles. The molecular weight excluding hydrogens is 541 g/mol. The number of halogens is 3. The number of allylic oxidation sites excluding steroid dienone is 8. The summed E-state index contributed by atoms with van der Waals surface area (Å²) in [5, 5.41) is 0. The molecule has 0 aromatic rings. The maximum Gasteiger partial charge on any atom is 2.00 e. The Morgan fingerprint density at radius 3 is 1.14 bits per heavy atom. The SMILES string of the molecule is Br.Br.Br.[C-]1=CC=CC1.[C-]1=CC=CC1.[Ta+2]. The van der Waals surface area contributed by atoms with Crippen molar-refractivity contribution in [3.63, 3.8) is 0 Å². The molecule has 0 aromatic carbocycles. The van der Waals surface area contributed by atoms with Crippen LogP contribution >= 0.6 is 50.9 Å². The van der Waals surface area contributed by atoms with Gasteiger partial charge in [-0.3, -0.25) is 12.2 Å². The van der Waals surface area contributed by atoms with Gasteiger partial charge in [0, 0.05) is 0 Å². The summed E-state index contributed by atoms with van der Waals surface area (Å²) in [6, 6.07) is 0. The largest absolute Gasteiger partial charge is 2.00 e. The Hall–Kier alpha value is 1.14. The summed E-state index contributed by atoms with van der Waals surface area (Å²) in [5.74, 6) is 0. The Bertz CT molecular complexity index is 154. The Labute approximate surface area is 133 Å². The van der Waals surface area contributed by atoms with Crippen molar-refractivity contribution in [3.05, 3.63) is 48.6 Å². The molecule has 0 fully saturated rings. The van der Waals surface area contributed by atoms with E-state index in [1.807, 2.05) is 24.3 Å². The summed E-state index contributed by atoms with van der Waals surface area (Å²) in [6.07, 6.45) is 20.0. The van der Waals surface area contributed by atoms with Gasteiger partial charge in [-0.25, -0.2) is 24.3 Å². The fraction of sp³-hybridized carbons (Fsp3) is 0.200. The molecule has 0 heterocycles. The molecule has 1 radical (unpaired) electrons. The molecule has 0 saturated heterocycles. The average molecular weight is 554 g/mol. The molecule has 0 aliphatic heterocycles. The normalized spacial score (nSPS) is 12.6. The van der Waals surface area contributed by atoms with Gasteiger partial charge in [-0.05, 0) is 0 Å². The Morgan fingerprint density at radius 2 is 1.07 bits per heavy atom. The molecule has 2 aliphatic carbocycles. The summed E-state index contributed by atoms with van der Waals surface area (Å²) >= 11 is 0. The van der Waals surface area contributed by atoms with E-state index in [1.165, 1.54) is 0 Å². The van der Waals surface area contributed by atoms with Gasteiger partial charge in [-0.1, -0.05) is 0 Å². The third-order valence-electron chi connectivity index (χ3n) is 1.17. The molecular formula is C10H13Br3Ta. The Morgan fingerprint density at radius 1 is 0.714 bits per heavy atom. The van der Waals surface area contributed by atoms with Gasteiger partial charge >= 0.3 is 22.4 Å². The van der Waals surface area contributed by atoms with Crippen molar-refractivity contribution in [1.29, 1.82) is 0 Å². The molecule has 14 heavy (non-hydrogen) atoms. The second kappa shape index (κ2) is 19.7. The van der Waals surface area contributed by atoms with Gasteiger partial charge in [0.2, 0.25) is 0 Å². The minimum absolute atomic E-state index is 0. The summed E-state index contributed by atoms with van der Waals surface area (Å²) in [4.78, 5) is 0.